The lowest BCUT2D eigenvalue weighted by Crippen LogP contribution is -2.43. The lowest BCUT2D eigenvalue weighted by molar-refractivity contribution is -0.132. The molecule has 5 N–H and O–H groups in total. The molecule has 4 fully saturated rings. The van der Waals surface area contributed by atoms with E-state index in [4.69, 9.17) is 5.11 Å². The van der Waals surface area contributed by atoms with Crippen molar-refractivity contribution in [2.24, 2.45) is 23.2 Å². The highest BCUT2D eigenvalue weighted by Crippen LogP contribution is 2.67. The maximum atomic E-state index is 12.7. The van der Waals surface area contributed by atoms with Gasteiger partial charge in [0.2, 0.25) is 5.91 Å². The number of aromatic nitrogens is 4. The van der Waals surface area contributed by atoms with E-state index in [1.54, 1.807) is 6.33 Å². The van der Waals surface area contributed by atoms with Crippen LogP contribution in [0.5, 0.6) is 0 Å². The van der Waals surface area contributed by atoms with Crippen LogP contribution in [0, 0.1) is 30.1 Å². The van der Waals surface area contributed by atoms with Gasteiger partial charge >= 0.3 is 0 Å². The second-order valence-corrected chi connectivity index (χ2v) is 10.1. The van der Waals surface area contributed by atoms with Gasteiger partial charge in [-0.15, -0.1) is 0 Å². The Labute approximate surface area is 185 Å². The molecule has 1 amide bonds. The second-order valence-electron chi connectivity index (χ2n) is 10.1. The average Bonchev–Trinajstić information content (AvgIpc) is 3.11. The number of aliphatic hydroxyl groups is 3. The highest BCUT2D eigenvalue weighted by Gasteiger charge is 2.75. The number of fused-ring (bicyclic) bond motifs is 4. The third kappa shape index (κ3) is 2.75. The molecule has 10 heteroatoms. The van der Waals surface area contributed by atoms with Crippen LogP contribution in [-0.4, -0.2) is 72.1 Å². The molecule has 2 aromatic rings. The van der Waals surface area contributed by atoms with Crippen LogP contribution in [0.4, 0.5) is 5.82 Å². The molecule has 4 aliphatic rings. The van der Waals surface area contributed by atoms with Gasteiger partial charge < -0.3 is 30.5 Å². The van der Waals surface area contributed by atoms with Gasteiger partial charge in [0.05, 0.1) is 30.5 Å². The third-order valence-corrected chi connectivity index (χ3v) is 8.41. The predicted molar refractivity (Wildman–Crippen MR) is 115 cm³/mol. The van der Waals surface area contributed by atoms with Gasteiger partial charge in [-0.05, 0) is 44.4 Å². The van der Waals surface area contributed by atoms with Crippen LogP contribution in [0.25, 0.3) is 11.2 Å². The van der Waals surface area contributed by atoms with E-state index in [0.29, 0.717) is 35.4 Å². The largest absolute Gasteiger partial charge is 0.395 e. The minimum atomic E-state index is -1.18. The quantitative estimate of drug-likeness (QED) is 0.424. The Kier molecular flexibility index (Phi) is 4.51. The number of rotatable bonds is 6. The second kappa shape index (κ2) is 7.10. The van der Waals surface area contributed by atoms with Gasteiger partial charge in [0.15, 0.2) is 11.5 Å². The zero-order valence-corrected chi connectivity index (χ0v) is 18.1. The average molecular weight is 443 g/mol. The predicted octanol–water partition coefficient (Wildman–Crippen LogP) is 0.127. The van der Waals surface area contributed by atoms with Crippen molar-refractivity contribution in [3.8, 4) is 0 Å². The molecule has 0 spiro atoms. The van der Waals surface area contributed by atoms with E-state index < -0.39 is 23.7 Å². The van der Waals surface area contributed by atoms with Gasteiger partial charge in [0.1, 0.15) is 17.4 Å². The van der Waals surface area contributed by atoms with E-state index in [9.17, 15) is 15.0 Å². The fourth-order valence-electron chi connectivity index (χ4n) is 6.83. The molecule has 2 heterocycles. The number of aryl methyl sites for hydroxylation is 1. The van der Waals surface area contributed by atoms with Crippen LogP contribution in [0.15, 0.2) is 6.33 Å². The van der Waals surface area contributed by atoms with E-state index in [1.807, 2.05) is 11.5 Å². The van der Waals surface area contributed by atoms with Crippen molar-refractivity contribution in [2.45, 2.75) is 63.3 Å². The van der Waals surface area contributed by atoms with Crippen LogP contribution in [0.1, 0.15) is 44.0 Å². The van der Waals surface area contributed by atoms with Gasteiger partial charge in [-0.1, -0.05) is 6.42 Å². The van der Waals surface area contributed by atoms with Gasteiger partial charge in [0.25, 0.3) is 0 Å². The van der Waals surface area contributed by atoms with Crippen molar-refractivity contribution in [1.82, 2.24) is 24.8 Å². The number of carbonyl (C=O) groups excluding carboxylic acids is 1. The Bertz CT molecular complexity index is 1070. The van der Waals surface area contributed by atoms with Crippen molar-refractivity contribution in [3.63, 3.8) is 0 Å². The molecular formula is C22H30N6O4. The van der Waals surface area contributed by atoms with Crippen molar-refractivity contribution in [3.05, 3.63) is 12.2 Å². The first kappa shape index (κ1) is 20.3. The Morgan fingerprint density at radius 1 is 1.28 bits per heavy atom. The highest BCUT2D eigenvalue weighted by atomic mass is 16.3. The number of imidazole rings is 1. The summed E-state index contributed by atoms with van der Waals surface area (Å²) in [5.41, 5.74) is 0.239. The summed E-state index contributed by atoms with van der Waals surface area (Å²) in [5.74, 6) is 2.29. The topological polar surface area (TPSA) is 145 Å². The molecule has 4 saturated carbocycles. The van der Waals surface area contributed by atoms with Crippen LogP contribution < -0.4 is 10.6 Å². The van der Waals surface area contributed by atoms with E-state index in [1.165, 1.54) is 19.3 Å². The Hall–Kier alpha value is -2.30. The summed E-state index contributed by atoms with van der Waals surface area (Å²) in [6, 6.07) is -0.0962. The van der Waals surface area contributed by atoms with Crippen molar-refractivity contribution >= 4 is 22.9 Å². The van der Waals surface area contributed by atoms with Crippen molar-refractivity contribution < 1.29 is 20.1 Å². The molecule has 0 aromatic carbocycles. The summed E-state index contributed by atoms with van der Waals surface area (Å²) in [6.45, 7) is 1.79. The smallest absolute Gasteiger partial charge is 0.229 e. The SMILES string of the molecule is Cc1nc(NC2CC3CCC2C3)c2ncn([C@@H]3C4C[C@@]4(C(=O)NCCO)C(O)[C@H]3O)c2n1. The zero-order valence-electron chi connectivity index (χ0n) is 18.1. The summed E-state index contributed by atoms with van der Waals surface area (Å²) in [5, 5.41) is 37.0. The number of nitrogens with one attached hydrogen (secondary N) is 2. The third-order valence-electron chi connectivity index (χ3n) is 8.41. The summed E-state index contributed by atoms with van der Waals surface area (Å²) < 4.78 is 1.81. The normalized spacial score (nSPS) is 39.4. The first-order valence-electron chi connectivity index (χ1n) is 11.7. The lowest BCUT2D eigenvalue weighted by Gasteiger charge is -2.24. The van der Waals surface area contributed by atoms with Crippen molar-refractivity contribution in [1.29, 1.82) is 0 Å². The standard InChI is InChI=1S/C22H30N6O4/c1-10-25-19(27-14-7-11-2-3-12(14)6-11)15-20(26-10)28(9-24-15)16-13-8-22(13,18(31)17(16)30)21(32)23-4-5-29/h9,11-14,16-18,29-31H,2-8H2,1H3,(H,23,32)(H,25,26,27)/t11?,12?,13?,14?,16-,17+,18?,22+/m1/s1. The molecule has 0 aliphatic heterocycles. The van der Waals surface area contributed by atoms with E-state index >= 15 is 0 Å². The number of hydrogen-bond acceptors (Lipinski definition) is 8. The fraction of sp³-hybridized carbons (Fsp3) is 0.727. The number of aliphatic hydroxyl groups excluding tert-OH is 3. The number of nitrogens with zero attached hydrogens (tertiary/aromatic N) is 4. The molecule has 6 rings (SSSR count). The summed E-state index contributed by atoms with van der Waals surface area (Å²) in [4.78, 5) is 26.5. The maximum absolute atomic E-state index is 12.7. The fourth-order valence-corrected chi connectivity index (χ4v) is 6.83. The zero-order chi connectivity index (χ0) is 22.2. The van der Waals surface area contributed by atoms with E-state index in [2.05, 4.69) is 25.6 Å². The first-order valence-corrected chi connectivity index (χ1v) is 11.7. The molecular weight excluding hydrogens is 412 g/mol. The van der Waals surface area contributed by atoms with Gasteiger partial charge in [0, 0.05) is 18.5 Å². The molecule has 5 unspecified atom stereocenters. The van der Waals surface area contributed by atoms with Crippen LogP contribution >= 0.6 is 0 Å². The van der Waals surface area contributed by atoms with E-state index in [0.717, 1.165) is 18.2 Å². The molecule has 4 aliphatic carbocycles. The summed E-state index contributed by atoms with van der Waals surface area (Å²) >= 11 is 0. The Morgan fingerprint density at radius 2 is 2.12 bits per heavy atom. The summed E-state index contributed by atoms with van der Waals surface area (Å²) in [6.07, 6.45) is 4.88. The summed E-state index contributed by atoms with van der Waals surface area (Å²) in [7, 11) is 0. The number of hydrogen-bond donors (Lipinski definition) is 5. The number of anilines is 1. The minimum absolute atomic E-state index is 0.124. The molecule has 2 aromatic heterocycles. The van der Waals surface area contributed by atoms with Crippen LogP contribution in [0.2, 0.25) is 0 Å². The van der Waals surface area contributed by atoms with Crippen molar-refractivity contribution in [2.75, 3.05) is 18.5 Å². The Balaban J connectivity index is 1.32. The molecule has 8 atom stereocenters. The molecule has 172 valence electrons. The number of amides is 1. The van der Waals surface area contributed by atoms with Crippen LogP contribution in [-0.2, 0) is 4.79 Å². The number of carbonyl (C=O) groups is 1. The lowest BCUT2D eigenvalue weighted by atomic mass is 9.95. The molecule has 2 bridgehead atoms. The highest BCUT2D eigenvalue weighted by molar-refractivity contribution is 5.88. The van der Waals surface area contributed by atoms with Gasteiger partial charge in [-0.2, -0.15) is 0 Å². The first-order chi connectivity index (χ1) is 15.4. The van der Waals surface area contributed by atoms with Gasteiger partial charge in [-0.25, -0.2) is 15.0 Å². The van der Waals surface area contributed by atoms with Crippen LogP contribution in [0.3, 0.4) is 0 Å². The van der Waals surface area contributed by atoms with Gasteiger partial charge in [-0.3, -0.25) is 4.79 Å². The molecule has 32 heavy (non-hydrogen) atoms. The molecule has 10 nitrogen and oxygen atoms in total. The molecule has 0 saturated heterocycles. The maximum Gasteiger partial charge on any atom is 0.229 e. The monoisotopic (exact) mass is 442 g/mol. The Morgan fingerprint density at radius 3 is 2.84 bits per heavy atom. The minimum Gasteiger partial charge on any atom is -0.395 e. The molecule has 0 radical (unpaired) electrons. The van der Waals surface area contributed by atoms with E-state index in [-0.39, 0.29) is 25.0 Å².